The predicted molar refractivity (Wildman–Crippen MR) is 85.3 cm³/mol. The number of allylic oxidation sites excluding steroid dienone is 1. The number of carbonyl (C=O) groups excluding carboxylic acids is 1. The van der Waals surface area contributed by atoms with Crippen LogP contribution in [0.3, 0.4) is 0 Å². The van der Waals surface area contributed by atoms with E-state index >= 15 is 0 Å². The number of ketones is 1. The normalized spacial score (nSPS) is 27.5. The van der Waals surface area contributed by atoms with E-state index in [1.807, 2.05) is 26.0 Å². The standard InChI is InChI=1S/C18H21N3O2/c1-17(2)12-18(9-15(10-19)16(17)22)13-21(7-8-23-18)11-14-3-5-20-6-4-14/h3-6,9H,7-8,11-13H2,1-2H3. The topological polar surface area (TPSA) is 66.2 Å². The predicted octanol–water partition coefficient (Wildman–Crippen LogP) is 2.10. The molecule has 0 N–H and O–H groups in total. The lowest BCUT2D eigenvalue weighted by Gasteiger charge is -2.46. The van der Waals surface area contributed by atoms with Gasteiger partial charge in [0.1, 0.15) is 11.7 Å². The van der Waals surface area contributed by atoms with Crippen molar-refractivity contribution < 1.29 is 9.53 Å². The van der Waals surface area contributed by atoms with E-state index < -0.39 is 11.0 Å². The summed E-state index contributed by atoms with van der Waals surface area (Å²) in [5, 5.41) is 9.29. The average Bonchev–Trinajstić information content (AvgIpc) is 2.52. The van der Waals surface area contributed by atoms with Crippen molar-refractivity contribution in [1.29, 1.82) is 5.26 Å². The number of carbonyl (C=O) groups is 1. The molecule has 1 spiro atoms. The Labute approximate surface area is 136 Å². The number of Topliss-reactive ketones (excluding diaryl/α,β-unsaturated/α-hetero) is 1. The first-order valence-corrected chi connectivity index (χ1v) is 7.87. The third kappa shape index (κ3) is 3.19. The fourth-order valence-electron chi connectivity index (χ4n) is 3.61. The number of hydrogen-bond acceptors (Lipinski definition) is 5. The number of aromatic nitrogens is 1. The summed E-state index contributed by atoms with van der Waals surface area (Å²) in [5.41, 5.74) is 0.312. The van der Waals surface area contributed by atoms with Gasteiger partial charge < -0.3 is 4.74 Å². The van der Waals surface area contributed by atoms with Gasteiger partial charge in [-0.25, -0.2) is 0 Å². The van der Waals surface area contributed by atoms with Crippen LogP contribution < -0.4 is 0 Å². The largest absolute Gasteiger partial charge is 0.368 e. The van der Waals surface area contributed by atoms with E-state index in [0.29, 0.717) is 19.6 Å². The van der Waals surface area contributed by atoms with Gasteiger partial charge in [-0.1, -0.05) is 13.8 Å². The molecule has 1 aromatic rings. The van der Waals surface area contributed by atoms with Crippen LogP contribution in [-0.2, 0) is 16.1 Å². The molecule has 23 heavy (non-hydrogen) atoms. The van der Waals surface area contributed by atoms with Crippen LogP contribution in [0.2, 0.25) is 0 Å². The number of rotatable bonds is 2. The second kappa shape index (κ2) is 5.88. The summed E-state index contributed by atoms with van der Waals surface area (Å²) in [6, 6.07) is 6.06. The number of hydrogen-bond donors (Lipinski definition) is 0. The molecule has 1 fully saturated rings. The van der Waals surface area contributed by atoms with Gasteiger partial charge in [-0.3, -0.25) is 14.7 Å². The zero-order valence-electron chi connectivity index (χ0n) is 13.6. The third-order valence-corrected chi connectivity index (χ3v) is 4.57. The summed E-state index contributed by atoms with van der Waals surface area (Å²) >= 11 is 0. The van der Waals surface area contributed by atoms with Crippen LogP contribution >= 0.6 is 0 Å². The SMILES string of the molecule is CC1(C)CC2(C=C(C#N)C1=O)CN(Cc1ccncc1)CCO2. The Balaban J connectivity index is 1.83. The first kappa shape index (κ1) is 15.9. The van der Waals surface area contributed by atoms with Crippen molar-refractivity contribution >= 4 is 5.78 Å². The van der Waals surface area contributed by atoms with E-state index in [2.05, 4.69) is 16.0 Å². The molecule has 2 heterocycles. The minimum absolute atomic E-state index is 0.0829. The molecule has 5 nitrogen and oxygen atoms in total. The van der Waals surface area contributed by atoms with Crippen LogP contribution in [0.5, 0.6) is 0 Å². The molecule has 0 amide bonds. The Morgan fingerprint density at radius 3 is 2.83 bits per heavy atom. The number of nitriles is 1. The maximum atomic E-state index is 12.3. The van der Waals surface area contributed by atoms with E-state index in [-0.39, 0.29) is 11.4 Å². The van der Waals surface area contributed by atoms with Crippen molar-refractivity contribution in [3.05, 3.63) is 41.7 Å². The van der Waals surface area contributed by atoms with Gasteiger partial charge in [0.2, 0.25) is 0 Å². The molecule has 0 bridgehead atoms. The molecule has 120 valence electrons. The van der Waals surface area contributed by atoms with E-state index in [0.717, 1.165) is 13.1 Å². The zero-order chi connectivity index (χ0) is 16.5. The van der Waals surface area contributed by atoms with Crippen LogP contribution in [0, 0.1) is 16.7 Å². The Bertz CT molecular complexity index is 675. The monoisotopic (exact) mass is 311 g/mol. The second-order valence-corrected chi connectivity index (χ2v) is 7.04. The maximum absolute atomic E-state index is 12.3. The van der Waals surface area contributed by atoms with Crippen molar-refractivity contribution in [2.24, 2.45) is 5.41 Å². The van der Waals surface area contributed by atoms with Crippen molar-refractivity contribution in [1.82, 2.24) is 9.88 Å². The minimum atomic E-state index is -0.570. The molecule has 1 aromatic heterocycles. The molecule has 0 aromatic carbocycles. The highest BCUT2D eigenvalue weighted by Crippen LogP contribution is 2.41. The number of nitrogens with zero attached hydrogens (tertiary/aromatic N) is 3. The van der Waals surface area contributed by atoms with Crippen LogP contribution in [0.25, 0.3) is 0 Å². The summed E-state index contributed by atoms with van der Waals surface area (Å²) in [4.78, 5) is 18.7. The molecule has 3 rings (SSSR count). The summed E-state index contributed by atoms with van der Waals surface area (Å²) < 4.78 is 6.06. The summed E-state index contributed by atoms with van der Waals surface area (Å²) in [7, 11) is 0. The van der Waals surface area contributed by atoms with Crippen molar-refractivity contribution in [3.8, 4) is 6.07 Å². The number of pyridine rings is 1. The van der Waals surface area contributed by atoms with Gasteiger partial charge in [-0.15, -0.1) is 0 Å². The van der Waals surface area contributed by atoms with Gasteiger partial charge in [0.05, 0.1) is 12.2 Å². The Kier molecular flexibility index (Phi) is 4.05. The lowest BCUT2D eigenvalue weighted by molar-refractivity contribution is -0.137. The highest BCUT2D eigenvalue weighted by molar-refractivity contribution is 6.03. The first-order chi connectivity index (χ1) is 10.9. The fraction of sp³-hybridized carbons (Fsp3) is 0.500. The van der Waals surface area contributed by atoms with E-state index in [1.165, 1.54) is 5.56 Å². The van der Waals surface area contributed by atoms with Gasteiger partial charge in [0.15, 0.2) is 5.78 Å². The molecule has 0 radical (unpaired) electrons. The quantitative estimate of drug-likeness (QED) is 0.837. The lowest BCUT2D eigenvalue weighted by atomic mass is 9.69. The van der Waals surface area contributed by atoms with Gasteiger partial charge in [-0.05, 0) is 30.2 Å². The first-order valence-electron chi connectivity index (χ1n) is 7.87. The highest BCUT2D eigenvalue weighted by atomic mass is 16.5. The van der Waals surface area contributed by atoms with Crippen LogP contribution in [0.15, 0.2) is 36.2 Å². The highest BCUT2D eigenvalue weighted by Gasteiger charge is 2.47. The van der Waals surface area contributed by atoms with Crippen molar-refractivity contribution in [3.63, 3.8) is 0 Å². The average molecular weight is 311 g/mol. The molecule has 1 aliphatic heterocycles. The molecule has 5 heteroatoms. The van der Waals surface area contributed by atoms with Crippen molar-refractivity contribution in [2.75, 3.05) is 19.7 Å². The summed E-state index contributed by atoms with van der Waals surface area (Å²) in [5.74, 6) is -0.0829. The molecule has 0 saturated carbocycles. The lowest BCUT2D eigenvalue weighted by Crippen LogP contribution is -2.55. The van der Waals surface area contributed by atoms with Crippen LogP contribution in [-0.4, -0.2) is 41.0 Å². The van der Waals surface area contributed by atoms with Gasteiger partial charge in [0.25, 0.3) is 0 Å². The fourth-order valence-corrected chi connectivity index (χ4v) is 3.61. The zero-order valence-corrected chi connectivity index (χ0v) is 13.6. The molecule has 1 saturated heterocycles. The van der Waals surface area contributed by atoms with Crippen molar-refractivity contribution in [2.45, 2.75) is 32.4 Å². The summed E-state index contributed by atoms with van der Waals surface area (Å²) in [6.45, 7) is 6.74. The third-order valence-electron chi connectivity index (χ3n) is 4.57. The number of ether oxygens (including phenoxy) is 1. The maximum Gasteiger partial charge on any atom is 0.178 e. The van der Waals surface area contributed by atoms with E-state index in [9.17, 15) is 10.1 Å². The Morgan fingerprint density at radius 2 is 2.13 bits per heavy atom. The molecular formula is C18H21N3O2. The summed E-state index contributed by atoms with van der Waals surface area (Å²) in [6.07, 6.45) is 5.94. The molecule has 2 aliphatic rings. The Hall–Kier alpha value is -2.03. The second-order valence-electron chi connectivity index (χ2n) is 7.04. The molecule has 1 aliphatic carbocycles. The molecular weight excluding hydrogens is 290 g/mol. The number of morpholine rings is 1. The van der Waals surface area contributed by atoms with Gasteiger partial charge in [-0.2, -0.15) is 5.26 Å². The molecule has 1 atom stereocenters. The van der Waals surface area contributed by atoms with Crippen LogP contribution in [0.4, 0.5) is 0 Å². The van der Waals surface area contributed by atoms with E-state index in [1.54, 1.807) is 18.5 Å². The smallest absolute Gasteiger partial charge is 0.178 e. The van der Waals surface area contributed by atoms with Gasteiger partial charge in [0, 0.05) is 37.4 Å². The van der Waals surface area contributed by atoms with Crippen LogP contribution in [0.1, 0.15) is 25.8 Å². The Morgan fingerprint density at radius 1 is 1.39 bits per heavy atom. The van der Waals surface area contributed by atoms with E-state index in [4.69, 9.17) is 4.74 Å². The minimum Gasteiger partial charge on any atom is -0.368 e. The molecule has 1 unspecified atom stereocenters. The van der Waals surface area contributed by atoms with Gasteiger partial charge >= 0.3 is 0 Å².